The normalized spacial score (nSPS) is 18.5. The van der Waals surface area contributed by atoms with Crippen LogP contribution in [0.25, 0.3) is 0 Å². The van der Waals surface area contributed by atoms with Gasteiger partial charge in [-0.3, -0.25) is 4.79 Å². The van der Waals surface area contributed by atoms with Gasteiger partial charge in [0.2, 0.25) is 5.91 Å². The van der Waals surface area contributed by atoms with Crippen LogP contribution < -0.4 is 5.32 Å². The van der Waals surface area contributed by atoms with Crippen LogP contribution in [0.15, 0.2) is 24.3 Å². The molecule has 80 heavy (non-hydrogen) atoms. The summed E-state index contributed by atoms with van der Waals surface area (Å²) in [4.78, 5) is 13.1. The molecule has 1 fully saturated rings. The van der Waals surface area contributed by atoms with Gasteiger partial charge in [0.25, 0.3) is 0 Å². The van der Waals surface area contributed by atoms with Crippen molar-refractivity contribution in [2.24, 2.45) is 0 Å². The Balaban J connectivity index is 2.01. The summed E-state index contributed by atoms with van der Waals surface area (Å²) in [7, 11) is 0. The van der Waals surface area contributed by atoms with Crippen LogP contribution in [0.5, 0.6) is 0 Å². The molecule has 1 heterocycles. The number of ether oxygens (including phenoxy) is 2. The maximum absolute atomic E-state index is 13.1. The van der Waals surface area contributed by atoms with Crippen molar-refractivity contribution < 1.29 is 39.8 Å². The number of carbonyl (C=O) groups excluding carboxylic acids is 1. The van der Waals surface area contributed by atoms with Crippen LogP contribution in [0, 0.1) is 0 Å². The maximum Gasteiger partial charge on any atom is 0.220 e. The van der Waals surface area contributed by atoms with Gasteiger partial charge in [-0.2, -0.15) is 0 Å². The molecule has 1 aliphatic rings. The summed E-state index contributed by atoms with van der Waals surface area (Å²) in [5, 5.41) is 54.6. The lowest BCUT2D eigenvalue weighted by Gasteiger charge is -2.40. The van der Waals surface area contributed by atoms with E-state index in [2.05, 4.69) is 31.3 Å². The summed E-state index contributed by atoms with van der Waals surface area (Å²) >= 11 is 0. The average Bonchev–Trinajstić information content (AvgIpc) is 3.46. The zero-order valence-electron chi connectivity index (χ0n) is 53.1. The molecular formula is C71H137NO8. The number of nitrogens with one attached hydrogen (secondary N) is 1. The van der Waals surface area contributed by atoms with E-state index in [1.165, 1.54) is 308 Å². The smallest absolute Gasteiger partial charge is 0.220 e. The Morgan fingerprint density at radius 1 is 0.412 bits per heavy atom. The fourth-order valence-corrected chi connectivity index (χ4v) is 11.7. The van der Waals surface area contributed by atoms with E-state index in [-0.39, 0.29) is 12.5 Å². The first kappa shape index (κ1) is 76.7. The van der Waals surface area contributed by atoms with Crippen molar-refractivity contribution in [3.63, 3.8) is 0 Å². The Labute approximate surface area is 496 Å². The molecule has 7 unspecified atom stereocenters. The quantitative estimate of drug-likeness (QED) is 0.0261. The average molecular weight is 1130 g/mol. The molecule has 1 aliphatic heterocycles. The number of hydrogen-bond acceptors (Lipinski definition) is 8. The lowest BCUT2D eigenvalue weighted by Crippen LogP contribution is -2.60. The van der Waals surface area contributed by atoms with Crippen molar-refractivity contribution in [2.45, 2.75) is 410 Å². The summed E-state index contributed by atoms with van der Waals surface area (Å²) in [6, 6.07) is -0.819. The third-order valence-electron chi connectivity index (χ3n) is 17.3. The van der Waals surface area contributed by atoms with Crippen LogP contribution in [-0.2, 0) is 14.3 Å². The zero-order chi connectivity index (χ0) is 57.9. The molecular weight excluding hydrogens is 995 g/mol. The van der Waals surface area contributed by atoms with Gasteiger partial charge in [-0.1, -0.05) is 353 Å². The number of rotatable bonds is 63. The zero-order valence-corrected chi connectivity index (χ0v) is 53.1. The minimum atomic E-state index is -1.57. The molecule has 0 radical (unpaired) electrons. The topological polar surface area (TPSA) is 149 Å². The molecule has 0 saturated carbocycles. The highest BCUT2D eigenvalue weighted by Gasteiger charge is 2.44. The lowest BCUT2D eigenvalue weighted by molar-refractivity contribution is -0.302. The molecule has 0 spiro atoms. The van der Waals surface area contributed by atoms with Gasteiger partial charge in [0.1, 0.15) is 24.4 Å². The van der Waals surface area contributed by atoms with Gasteiger partial charge in [0, 0.05) is 6.42 Å². The standard InChI is InChI=1S/C71H137NO8/c1-3-5-7-9-11-13-15-17-19-21-22-23-24-25-26-27-28-29-30-31-32-33-34-35-36-37-38-39-40-41-42-43-44-45-47-49-51-53-55-57-59-61-67(75)72-64(63-79-71-70(78)69(77)68(76)66(62-73)80-71)65(74)60-58-56-54-52-50-48-46-20-18-16-14-12-10-8-6-4-2/h50,52,58,60,64-66,68-71,73-74,76-78H,3-49,51,53-57,59,61-63H2,1-2H3,(H,72,75)/b52-50+,60-58+. The predicted molar refractivity (Wildman–Crippen MR) is 341 cm³/mol. The minimum absolute atomic E-state index is 0.179. The summed E-state index contributed by atoms with van der Waals surface area (Å²) in [6.07, 6.45) is 73.2. The van der Waals surface area contributed by atoms with Crippen molar-refractivity contribution in [1.29, 1.82) is 0 Å². The molecule has 0 bridgehead atoms. The van der Waals surface area contributed by atoms with Gasteiger partial charge < -0.3 is 40.3 Å². The molecule has 1 amide bonds. The van der Waals surface area contributed by atoms with E-state index >= 15 is 0 Å². The molecule has 1 rings (SSSR count). The molecule has 474 valence electrons. The molecule has 7 atom stereocenters. The van der Waals surface area contributed by atoms with E-state index in [4.69, 9.17) is 9.47 Å². The Hall–Kier alpha value is -1.33. The molecule has 1 saturated heterocycles. The van der Waals surface area contributed by atoms with Crippen LogP contribution in [0.3, 0.4) is 0 Å². The van der Waals surface area contributed by atoms with E-state index in [1.54, 1.807) is 6.08 Å². The number of amides is 1. The largest absolute Gasteiger partial charge is 0.394 e. The van der Waals surface area contributed by atoms with Crippen molar-refractivity contribution in [1.82, 2.24) is 5.32 Å². The van der Waals surface area contributed by atoms with Crippen LogP contribution >= 0.6 is 0 Å². The van der Waals surface area contributed by atoms with Crippen LogP contribution in [0.4, 0.5) is 0 Å². The van der Waals surface area contributed by atoms with Gasteiger partial charge >= 0.3 is 0 Å². The van der Waals surface area contributed by atoms with E-state index in [1.807, 2.05) is 6.08 Å². The number of unbranched alkanes of at least 4 members (excludes halogenated alkanes) is 51. The van der Waals surface area contributed by atoms with Crippen molar-refractivity contribution in [3.8, 4) is 0 Å². The van der Waals surface area contributed by atoms with Crippen LogP contribution in [-0.4, -0.2) is 87.5 Å². The number of aliphatic hydroxyl groups is 5. The van der Waals surface area contributed by atoms with Crippen molar-refractivity contribution in [3.05, 3.63) is 24.3 Å². The highest BCUT2D eigenvalue weighted by Crippen LogP contribution is 2.24. The van der Waals surface area contributed by atoms with Gasteiger partial charge in [-0.15, -0.1) is 0 Å². The SMILES string of the molecule is CCCCCCCCCCCC/C=C/CC/C=C/C(O)C(COC1OC(CO)C(O)C(O)C1O)NC(=O)CCCCCCCCCCCCCCCCCCCCCCCCCCCCCCCCCCCCCCCCCCC. The maximum atomic E-state index is 13.1. The summed E-state index contributed by atoms with van der Waals surface area (Å²) < 4.78 is 11.3. The van der Waals surface area contributed by atoms with E-state index in [0.29, 0.717) is 6.42 Å². The predicted octanol–water partition coefficient (Wildman–Crippen LogP) is 19.3. The fraction of sp³-hybridized carbons (Fsp3) is 0.930. The first-order valence-corrected chi connectivity index (χ1v) is 35.6. The highest BCUT2D eigenvalue weighted by atomic mass is 16.7. The van der Waals surface area contributed by atoms with Gasteiger partial charge in [-0.25, -0.2) is 0 Å². The van der Waals surface area contributed by atoms with E-state index in [0.717, 1.165) is 38.5 Å². The van der Waals surface area contributed by atoms with Crippen molar-refractivity contribution >= 4 is 5.91 Å². The number of aliphatic hydroxyl groups excluding tert-OH is 5. The number of allylic oxidation sites excluding steroid dienone is 3. The first-order chi connectivity index (χ1) is 39.3. The van der Waals surface area contributed by atoms with Crippen molar-refractivity contribution in [2.75, 3.05) is 13.2 Å². The lowest BCUT2D eigenvalue weighted by atomic mass is 9.99. The highest BCUT2D eigenvalue weighted by molar-refractivity contribution is 5.76. The second kappa shape index (κ2) is 60.8. The molecule has 9 nitrogen and oxygen atoms in total. The van der Waals surface area contributed by atoms with E-state index < -0.39 is 49.5 Å². The first-order valence-electron chi connectivity index (χ1n) is 35.6. The third kappa shape index (κ3) is 49.0. The molecule has 0 aromatic carbocycles. The molecule has 0 aliphatic carbocycles. The monoisotopic (exact) mass is 1130 g/mol. The summed E-state index contributed by atoms with van der Waals surface area (Å²) in [5.41, 5.74) is 0. The number of carbonyl (C=O) groups is 1. The molecule has 6 N–H and O–H groups in total. The second-order valence-corrected chi connectivity index (χ2v) is 25.0. The Kier molecular flexibility index (Phi) is 58.3. The fourth-order valence-electron chi connectivity index (χ4n) is 11.7. The van der Waals surface area contributed by atoms with E-state index in [9.17, 15) is 30.3 Å². The van der Waals surface area contributed by atoms with Crippen LogP contribution in [0.1, 0.15) is 367 Å². The third-order valence-corrected chi connectivity index (χ3v) is 17.3. The summed E-state index contributed by atoms with van der Waals surface area (Å²) in [5.74, 6) is -0.179. The molecule has 0 aromatic heterocycles. The van der Waals surface area contributed by atoms with Gasteiger partial charge in [-0.05, 0) is 32.1 Å². The molecule has 9 heteroatoms. The Bertz CT molecular complexity index is 1310. The van der Waals surface area contributed by atoms with Gasteiger partial charge in [0.05, 0.1) is 25.4 Å². The van der Waals surface area contributed by atoms with Crippen LogP contribution in [0.2, 0.25) is 0 Å². The molecule has 0 aromatic rings. The Morgan fingerprint density at radius 2 is 0.713 bits per heavy atom. The number of hydrogen-bond donors (Lipinski definition) is 6. The Morgan fingerprint density at radius 3 is 1.05 bits per heavy atom. The minimum Gasteiger partial charge on any atom is -0.394 e. The second-order valence-electron chi connectivity index (χ2n) is 25.0. The van der Waals surface area contributed by atoms with Gasteiger partial charge in [0.15, 0.2) is 6.29 Å². The summed E-state index contributed by atoms with van der Waals surface area (Å²) in [6.45, 7) is 3.81.